The van der Waals surface area contributed by atoms with Crippen LogP contribution in [0.2, 0.25) is 10.0 Å². The number of rotatable bonds is 7. The molecule has 152 valence electrons. The van der Waals surface area contributed by atoms with Crippen LogP contribution in [-0.2, 0) is 27.3 Å². The van der Waals surface area contributed by atoms with E-state index in [9.17, 15) is 14.4 Å². The minimum atomic E-state index is -0.946. The molecule has 29 heavy (non-hydrogen) atoms. The van der Waals surface area contributed by atoms with Gasteiger partial charge >= 0.3 is 0 Å². The molecule has 0 saturated carbocycles. The zero-order chi connectivity index (χ0) is 21.0. The molecule has 1 N–H and O–H groups in total. The molecule has 1 aliphatic rings. The molecule has 1 aliphatic heterocycles. The molecule has 1 heterocycles. The van der Waals surface area contributed by atoms with Crippen LogP contribution in [-0.4, -0.2) is 35.6 Å². The van der Waals surface area contributed by atoms with Gasteiger partial charge in [-0.05, 0) is 43.0 Å². The fraction of sp³-hybridized carbons (Fsp3) is 0.318. The molecule has 0 radical (unpaired) electrons. The summed E-state index contributed by atoms with van der Waals surface area (Å²) in [5.74, 6) is -2.58. The number of nitrogens with zero attached hydrogens (tertiary/aromatic N) is 1. The van der Waals surface area contributed by atoms with Gasteiger partial charge in [-0.2, -0.15) is 0 Å². The number of aryl methyl sites for hydroxylation is 2. The van der Waals surface area contributed by atoms with Crippen molar-refractivity contribution in [1.82, 2.24) is 10.2 Å². The molecule has 0 spiro atoms. The van der Waals surface area contributed by atoms with E-state index in [0.717, 1.165) is 16.7 Å². The van der Waals surface area contributed by atoms with Gasteiger partial charge in [0.25, 0.3) is 5.91 Å². The van der Waals surface area contributed by atoms with E-state index in [1.807, 2.05) is 37.3 Å². The van der Waals surface area contributed by atoms with E-state index in [0.29, 0.717) is 36.0 Å². The van der Waals surface area contributed by atoms with Crippen molar-refractivity contribution >= 4 is 40.8 Å². The van der Waals surface area contributed by atoms with E-state index < -0.39 is 23.5 Å². The van der Waals surface area contributed by atoms with Crippen molar-refractivity contribution in [3.8, 4) is 0 Å². The second-order valence-electron chi connectivity index (χ2n) is 7.23. The van der Waals surface area contributed by atoms with Crippen molar-refractivity contribution in [2.45, 2.75) is 26.3 Å². The Balaban J connectivity index is 1.48. The predicted molar refractivity (Wildman–Crippen MR) is 113 cm³/mol. The first-order valence-electron chi connectivity index (χ1n) is 9.45. The van der Waals surface area contributed by atoms with Crippen LogP contribution >= 0.6 is 23.2 Å². The maximum Gasteiger partial charge on any atom is 0.291 e. The summed E-state index contributed by atoms with van der Waals surface area (Å²) in [5, 5.41) is 3.77. The Morgan fingerprint density at radius 1 is 1.07 bits per heavy atom. The Morgan fingerprint density at radius 3 is 2.45 bits per heavy atom. The largest absolute Gasteiger partial charge is 0.355 e. The van der Waals surface area contributed by atoms with Gasteiger partial charge in [-0.1, -0.05) is 59.1 Å². The molecule has 0 aromatic heterocycles. The number of nitrogens with one attached hydrogen (secondary N) is 1. The summed E-state index contributed by atoms with van der Waals surface area (Å²) in [6.07, 6.45) is 1.40. The minimum absolute atomic E-state index is 0.115. The van der Waals surface area contributed by atoms with Gasteiger partial charge in [0.05, 0.1) is 10.0 Å². The number of halogens is 2. The van der Waals surface area contributed by atoms with Crippen LogP contribution in [0.1, 0.15) is 23.1 Å². The number of benzene rings is 2. The van der Waals surface area contributed by atoms with Gasteiger partial charge in [0.1, 0.15) is 5.92 Å². The third kappa shape index (κ3) is 5.37. The quantitative estimate of drug-likeness (QED) is 0.413. The van der Waals surface area contributed by atoms with Crippen molar-refractivity contribution in [3.63, 3.8) is 0 Å². The van der Waals surface area contributed by atoms with Gasteiger partial charge in [0.15, 0.2) is 0 Å². The van der Waals surface area contributed by atoms with Gasteiger partial charge in [0.2, 0.25) is 11.7 Å². The van der Waals surface area contributed by atoms with Crippen LogP contribution < -0.4 is 5.32 Å². The summed E-state index contributed by atoms with van der Waals surface area (Å²) < 4.78 is 0. The van der Waals surface area contributed by atoms with Gasteiger partial charge in [-0.3, -0.25) is 14.4 Å². The molecular formula is C22H22Cl2N2O3. The van der Waals surface area contributed by atoms with Crippen molar-refractivity contribution in [1.29, 1.82) is 0 Å². The molecule has 2 aromatic carbocycles. The summed E-state index contributed by atoms with van der Waals surface area (Å²) in [6.45, 7) is 2.83. The highest BCUT2D eigenvalue weighted by Gasteiger charge is 2.42. The van der Waals surface area contributed by atoms with Gasteiger partial charge < -0.3 is 10.2 Å². The standard InChI is InChI=1S/C22H22Cl2N2O3/c1-14-4-6-16(7-5-14)12-26-13-17(20(27)22(26)29)21(28)25-10-2-3-15-8-9-18(23)19(24)11-15/h4-9,11,17H,2-3,10,12-13H2,1H3,(H,25,28). The van der Waals surface area contributed by atoms with E-state index in [4.69, 9.17) is 23.2 Å². The first-order valence-corrected chi connectivity index (χ1v) is 10.2. The van der Waals surface area contributed by atoms with Gasteiger partial charge in [-0.25, -0.2) is 0 Å². The summed E-state index contributed by atoms with van der Waals surface area (Å²) in [6, 6.07) is 13.2. The molecular weight excluding hydrogens is 411 g/mol. The van der Waals surface area contributed by atoms with Gasteiger partial charge in [-0.15, -0.1) is 0 Å². The number of Topliss-reactive ketones (excluding diaryl/α,β-unsaturated/α-hetero) is 1. The van der Waals surface area contributed by atoms with Crippen LogP contribution in [0.25, 0.3) is 0 Å². The van der Waals surface area contributed by atoms with Gasteiger partial charge in [0, 0.05) is 19.6 Å². The second kappa shape index (κ2) is 9.42. The van der Waals surface area contributed by atoms with Crippen LogP contribution in [0.15, 0.2) is 42.5 Å². The fourth-order valence-corrected chi connectivity index (χ4v) is 3.59. The fourth-order valence-electron chi connectivity index (χ4n) is 3.27. The lowest BCUT2D eigenvalue weighted by molar-refractivity contribution is -0.142. The van der Waals surface area contributed by atoms with E-state index in [1.165, 1.54) is 4.90 Å². The number of carbonyl (C=O) groups is 3. The molecule has 1 fully saturated rings. The third-order valence-corrected chi connectivity index (χ3v) is 5.69. The smallest absolute Gasteiger partial charge is 0.291 e. The molecule has 1 saturated heterocycles. The van der Waals surface area contributed by atoms with E-state index in [2.05, 4.69) is 5.32 Å². The zero-order valence-corrected chi connectivity index (χ0v) is 17.6. The topological polar surface area (TPSA) is 66.5 Å². The predicted octanol–water partition coefficient (Wildman–Crippen LogP) is 3.58. The highest BCUT2D eigenvalue weighted by molar-refractivity contribution is 6.42. The molecule has 5 nitrogen and oxygen atoms in total. The van der Waals surface area contributed by atoms with E-state index >= 15 is 0 Å². The average Bonchev–Trinajstić information content (AvgIpc) is 2.98. The number of amides is 2. The average molecular weight is 433 g/mol. The molecule has 2 aromatic rings. The van der Waals surface area contributed by atoms with Crippen LogP contribution in [0.5, 0.6) is 0 Å². The highest BCUT2D eigenvalue weighted by atomic mass is 35.5. The van der Waals surface area contributed by atoms with Crippen LogP contribution in [0, 0.1) is 12.8 Å². The maximum atomic E-state index is 12.4. The number of hydrogen-bond acceptors (Lipinski definition) is 3. The highest BCUT2D eigenvalue weighted by Crippen LogP contribution is 2.23. The zero-order valence-electron chi connectivity index (χ0n) is 16.1. The van der Waals surface area contributed by atoms with Crippen molar-refractivity contribution in [2.75, 3.05) is 13.1 Å². The Hall–Kier alpha value is -2.37. The summed E-state index contributed by atoms with van der Waals surface area (Å²) in [4.78, 5) is 38.3. The molecule has 7 heteroatoms. The first kappa shape index (κ1) is 21.3. The lowest BCUT2D eigenvalue weighted by atomic mass is 10.1. The summed E-state index contributed by atoms with van der Waals surface area (Å²) in [7, 11) is 0. The van der Waals surface area contributed by atoms with Crippen molar-refractivity contribution in [3.05, 3.63) is 69.2 Å². The third-order valence-electron chi connectivity index (χ3n) is 4.95. The number of hydrogen-bond donors (Lipinski definition) is 1. The Bertz CT molecular complexity index is 928. The lowest BCUT2D eigenvalue weighted by Crippen LogP contribution is -2.36. The normalized spacial score (nSPS) is 16.4. The molecule has 0 aliphatic carbocycles. The minimum Gasteiger partial charge on any atom is -0.355 e. The van der Waals surface area contributed by atoms with Crippen LogP contribution in [0.3, 0.4) is 0 Å². The maximum absolute atomic E-state index is 12.4. The number of carbonyl (C=O) groups excluding carboxylic acids is 3. The molecule has 3 rings (SSSR count). The van der Waals surface area contributed by atoms with Crippen LogP contribution in [0.4, 0.5) is 0 Å². The first-order chi connectivity index (χ1) is 13.8. The summed E-state index contributed by atoms with van der Waals surface area (Å²) >= 11 is 11.9. The lowest BCUT2D eigenvalue weighted by Gasteiger charge is -2.15. The molecule has 1 atom stereocenters. The monoisotopic (exact) mass is 432 g/mol. The molecule has 0 bridgehead atoms. The SMILES string of the molecule is Cc1ccc(CN2CC(C(=O)NCCCc3ccc(Cl)c(Cl)c3)C(=O)C2=O)cc1. The van der Waals surface area contributed by atoms with Crippen molar-refractivity contribution < 1.29 is 14.4 Å². The molecule has 1 unspecified atom stereocenters. The number of likely N-dealkylation sites (tertiary alicyclic amines) is 1. The Morgan fingerprint density at radius 2 is 1.76 bits per heavy atom. The second-order valence-corrected chi connectivity index (χ2v) is 8.05. The van der Waals surface area contributed by atoms with E-state index in [-0.39, 0.29) is 6.54 Å². The van der Waals surface area contributed by atoms with Crippen molar-refractivity contribution in [2.24, 2.45) is 5.92 Å². The Kier molecular flexibility index (Phi) is 6.93. The number of ketones is 1. The Labute approximate surface area is 180 Å². The van der Waals surface area contributed by atoms with E-state index in [1.54, 1.807) is 12.1 Å². The summed E-state index contributed by atoms with van der Waals surface area (Å²) in [5.41, 5.74) is 3.07. The molecule has 2 amide bonds.